The maximum Gasteiger partial charge on any atom is 0.329 e. The van der Waals surface area contributed by atoms with Gasteiger partial charge in [0.1, 0.15) is 11.8 Å². The Balaban J connectivity index is 1.32. The lowest BCUT2D eigenvalue weighted by Crippen LogP contribution is -2.38. The smallest absolute Gasteiger partial charge is 0.329 e. The Morgan fingerprint density at radius 1 is 0.828 bits per heavy atom. The van der Waals surface area contributed by atoms with E-state index in [0.29, 0.717) is 23.4 Å². The highest BCUT2D eigenvalue weighted by Crippen LogP contribution is 2.23. The second kappa shape index (κ2) is 8.68. The van der Waals surface area contributed by atoms with Crippen LogP contribution in [0.1, 0.15) is 28.4 Å². The van der Waals surface area contributed by atoms with Crippen LogP contribution in [0.4, 0.5) is 5.69 Å². The van der Waals surface area contributed by atoms with Crippen molar-refractivity contribution in [3.05, 3.63) is 96.1 Å². The summed E-state index contributed by atoms with van der Waals surface area (Å²) in [4.78, 5) is 24.6. The topological polar surface area (TPSA) is 79.5 Å². The summed E-state index contributed by atoms with van der Waals surface area (Å²) in [5.41, 5.74) is 8.46. The van der Waals surface area contributed by atoms with Gasteiger partial charge in [-0.25, -0.2) is 15.6 Å². The third-order valence-corrected chi connectivity index (χ3v) is 4.76. The zero-order chi connectivity index (χ0) is 20.1. The van der Waals surface area contributed by atoms with Crippen molar-refractivity contribution in [1.82, 2.24) is 10.9 Å². The fourth-order valence-corrected chi connectivity index (χ4v) is 3.20. The molecule has 6 heteroatoms. The third kappa shape index (κ3) is 4.68. The summed E-state index contributed by atoms with van der Waals surface area (Å²) < 4.78 is 5.47. The van der Waals surface area contributed by atoms with E-state index in [1.54, 1.807) is 36.4 Å². The lowest BCUT2D eigenvalue weighted by molar-refractivity contribution is -0.136. The summed E-state index contributed by atoms with van der Waals surface area (Å²) >= 11 is 0. The largest absolute Gasteiger partial charge is 0.425 e. The molecule has 0 bridgehead atoms. The second-order valence-electron chi connectivity index (χ2n) is 6.81. The molecule has 1 saturated heterocycles. The Morgan fingerprint density at radius 2 is 1.48 bits per heavy atom. The zero-order valence-corrected chi connectivity index (χ0v) is 15.7. The first-order valence-electron chi connectivity index (χ1n) is 9.43. The maximum atomic E-state index is 12.4. The zero-order valence-electron chi connectivity index (χ0n) is 15.7. The Bertz CT molecular complexity index is 975. The summed E-state index contributed by atoms with van der Waals surface area (Å²) in [6.07, 6.45) is 0.605. The van der Waals surface area contributed by atoms with Crippen LogP contribution in [0, 0.1) is 0 Å². The lowest BCUT2D eigenvalue weighted by Gasteiger charge is -2.11. The lowest BCUT2D eigenvalue weighted by atomic mass is 10.0. The van der Waals surface area contributed by atoms with E-state index in [0.717, 1.165) is 5.56 Å². The number of esters is 1. The van der Waals surface area contributed by atoms with Crippen LogP contribution in [0.2, 0.25) is 0 Å². The molecule has 1 heterocycles. The molecule has 0 spiro atoms. The molecule has 0 radical (unpaired) electrons. The SMILES string of the molecule is O=C(Nc1ccc(OC(=O)C2CC(c3ccccc3)NN2)cc1)c1ccccc1. The highest BCUT2D eigenvalue weighted by atomic mass is 16.5. The van der Waals surface area contributed by atoms with Crippen LogP contribution in [0.5, 0.6) is 5.75 Å². The number of anilines is 1. The van der Waals surface area contributed by atoms with Crippen LogP contribution in [-0.4, -0.2) is 17.9 Å². The highest BCUT2D eigenvalue weighted by molar-refractivity contribution is 6.04. The normalized spacial score (nSPS) is 18.2. The van der Waals surface area contributed by atoms with Crippen molar-refractivity contribution < 1.29 is 14.3 Å². The number of hydrogen-bond acceptors (Lipinski definition) is 5. The van der Waals surface area contributed by atoms with Gasteiger partial charge < -0.3 is 10.1 Å². The van der Waals surface area contributed by atoms with Crippen LogP contribution in [0.25, 0.3) is 0 Å². The number of ether oxygens (including phenoxy) is 1. The van der Waals surface area contributed by atoms with E-state index < -0.39 is 6.04 Å². The Morgan fingerprint density at radius 3 is 2.17 bits per heavy atom. The molecule has 1 aliphatic heterocycles. The van der Waals surface area contributed by atoms with Crippen LogP contribution >= 0.6 is 0 Å². The molecule has 3 N–H and O–H groups in total. The first-order chi connectivity index (χ1) is 14.2. The molecule has 0 aliphatic carbocycles. The van der Waals surface area contributed by atoms with Gasteiger partial charge in [-0.2, -0.15) is 0 Å². The van der Waals surface area contributed by atoms with Crippen molar-refractivity contribution in [2.75, 3.05) is 5.32 Å². The predicted molar refractivity (Wildman–Crippen MR) is 110 cm³/mol. The molecule has 1 amide bonds. The van der Waals surface area contributed by atoms with E-state index >= 15 is 0 Å². The molecule has 1 aliphatic rings. The predicted octanol–water partition coefficient (Wildman–Crippen LogP) is 3.45. The number of rotatable bonds is 5. The van der Waals surface area contributed by atoms with Crippen LogP contribution in [-0.2, 0) is 4.79 Å². The van der Waals surface area contributed by atoms with E-state index in [4.69, 9.17) is 4.74 Å². The number of nitrogens with one attached hydrogen (secondary N) is 3. The fourth-order valence-electron chi connectivity index (χ4n) is 3.20. The van der Waals surface area contributed by atoms with E-state index in [9.17, 15) is 9.59 Å². The van der Waals surface area contributed by atoms with E-state index in [1.807, 2.05) is 48.5 Å². The molecule has 3 aromatic carbocycles. The number of hydrazine groups is 1. The molecule has 3 aromatic rings. The summed E-state index contributed by atoms with van der Waals surface area (Å²) in [5, 5.41) is 2.82. The molecule has 0 saturated carbocycles. The minimum Gasteiger partial charge on any atom is -0.425 e. The van der Waals surface area contributed by atoms with Gasteiger partial charge in [0.15, 0.2) is 0 Å². The average Bonchev–Trinajstić information content (AvgIpc) is 3.27. The van der Waals surface area contributed by atoms with Gasteiger partial charge in [-0.15, -0.1) is 0 Å². The van der Waals surface area contributed by atoms with E-state index in [2.05, 4.69) is 16.2 Å². The number of carbonyl (C=O) groups is 2. The monoisotopic (exact) mass is 387 g/mol. The molecule has 6 nitrogen and oxygen atoms in total. The molecule has 2 atom stereocenters. The van der Waals surface area contributed by atoms with Crippen LogP contribution in [0.15, 0.2) is 84.9 Å². The van der Waals surface area contributed by atoms with Gasteiger partial charge >= 0.3 is 5.97 Å². The van der Waals surface area contributed by atoms with Crippen molar-refractivity contribution in [2.45, 2.75) is 18.5 Å². The number of hydrogen-bond donors (Lipinski definition) is 3. The van der Waals surface area contributed by atoms with Gasteiger partial charge in [0.25, 0.3) is 5.91 Å². The molecule has 4 rings (SSSR count). The maximum absolute atomic E-state index is 12.4. The van der Waals surface area contributed by atoms with Gasteiger partial charge in [0, 0.05) is 17.3 Å². The van der Waals surface area contributed by atoms with Crippen molar-refractivity contribution in [1.29, 1.82) is 0 Å². The number of benzene rings is 3. The molecule has 0 aromatic heterocycles. The van der Waals surface area contributed by atoms with Crippen molar-refractivity contribution >= 4 is 17.6 Å². The number of amides is 1. The second-order valence-corrected chi connectivity index (χ2v) is 6.81. The van der Waals surface area contributed by atoms with Crippen molar-refractivity contribution in [3.8, 4) is 5.75 Å². The summed E-state index contributed by atoms with van der Waals surface area (Å²) in [5.74, 6) is -0.113. The third-order valence-electron chi connectivity index (χ3n) is 4.76. The molecule has 29 heavy (non-hydrogen) atoms. The Labute approximate surface area is 168 Å². The minimum atomic E-state index is -0.433. The molecular formula is C23H21N3O3. The van der Waals surface area contributed by atoms with Crippen molar-refractivity contribution in [3.63, 3.8) is 0 Å². The summed E-state index contributed by atoms with van der Waals surface area (Å²) in [6.45, 7) is 0. The summed E-state index contributed by atoms with van der Waals surface area (Å²) in [7, 11) is 0. The van der Waals surface area contributed by atoms with E-state index in [1.165, 1.54) is 0 Å². The van der Waals surface area contributed by atoms with Gasteiger partial charge in [0.2, 0.25) is 0 Å². The van der Waals surface area contributed by atoms with Gasteiger partial charge in [-0.3, -0.25) is 4.79 Å². The van der Waals surface area contributed by atoms with Crippen LogP contribution < -0.4 is 20.9 Å². The fraction of sp³-hybridized carbons (Fsp3) is 0.130. The molecule has 146 valence electrons. The standard InChI is InChI=1S/C23H21N3O3/c27-22(17-9-5-2-6-10-17)24-18-11-13-19(14-12-18)29-23(28)21-15-20(25-26-21)16-7-3-1-4-8-16/h1-14,20-21,25-26H,15H2,(H,24,27). The highest BCUT2D eigenvalue weighted by Gasteiger charge is 2.31. The first-order valence-corrected chi connectivity index (χ1v) is 9.43. The molecule has 1 fully saturated rings. The number of carbonyl (C=O) groups excluding carboxylic acids is 2. The van der Waals surface area contributed by atoms with Gasteiger partial charge in [0.05, 0.1) is 0 Å². The Kier molecular flexibility index (Phi) is 5.65. The van der Waals surface area contributed by atoms with Gasteiger partial charge in [-0.05, 0) is 48.4 Å². The quantitative estimate of drug-likeness (QED) is 0.462. The first kappa shape index (κ1) is 18.9. The van der Waals surface area contributed by atoms with E-state index in [-0.39, 0.29) is 17.9 Å². The summed E-state index contributed by atoms with van der Waals surface area (Å²) in [6, 6.07) is 25.3. The van der Waals surface area contributed by atoms with Gasteiger partial charge in [-0.1, -0.05) is 48.5 Å². The van der Waals surface area contributed by atoms with Crippen LogP contribution in [0.3, 0.4) is 0 Å². The average molecular weight is 387 g/mol. The molecular weight excluding hydrogens is 366 g/mol. The van der Waals surface area contributed by atoms with Crippen molar-refractivity contribution in [2.24, 2.45) is 0 Å². The molecule has 2 unspecified atom stereocenters. The Hall–Kier alpha value is -3.48. The minimum absolute atomic E-state index is 0.0596.